The molecule has 0 bridgehead atoms. The number of amides is 1. The van der Waals surface area contributed by atoms with E-state index >= 15 is 0 Å². The third-order valence-corrected chi connectivity index (χ3v) is 4.09. The van der Waals surface area contributed by atoms with E-state index in [0.717, 1.165) is 4.88 Å². The van der Waals surface area contributed by atoms with Gasteiger partial charge in [-0.3, -0.25) is 4.79 Å². The highest BCUT2D eigenvalue weighted by atomic mass is 32.1. The van der Waals surface area contributed by atoms with Gasteiger partial charge in [0.25, 0.3) is 5.91 Å². The molecule has 2 aromatic heterocycles. The van der Waals surface area contributed by atoms with Crippen LogP contribution in [0.1, 0.15) is 21.0 Å². The average molecular weight is 315 g/mol. The standard InChI is InChI=1S/C17H14FNO2S/c18-14-7-5-13(6-8-14)17(20)19(11-15-3-1-9-21-15)12-16-4-2-10-22-16/h1-10H,11-12H2. The first-order chi connectivity index (χ1) is 10.7. The average Bonchev–Trinajstić information content (AvgIpc) is 3.20. The molecule has 3 aromatic rings. The molecule has 0 aliphatic carbocycles. The molecular weight excluding hydrogens is 301 g/mol. The van der Waals surface area contributed by atoms with E-state index in [0.29, 0.717) is 24.4 Å². The highest BCUT2D eigenvalue weighted by Crippen LogP contribution is 2.17. The zero-order valence-electron chi connectivity index (χ0n) is 11.7. The van der Waals surface area contributed by atoms with E-state index in [1.807, 2.05) is 23.6 Å². The van der Waals surface area contributed by atoms with Gasteiger partial charge in [-0.05, 0) is 47.8 Å². The molecule has 3 nitrogen and oxygen atoms in total. The lowest BCUT2D eigenvalue weighted by atomic mass is 10.2. The van der Waals surface area contributed by atoms with Crippen LogP contribution in [0.3, 0.4) is 0 Å². The molecule has 5 heteroatoms. The Balaban J connectivity index is 1.83. The van der Waals surface area contributed by atoms with Gasteiger partial charge in [0.05, 0.1) is 19.4 Å². The Morgan fingerprint density at radius 3 is 2.55 bits per heavy atom. The summed E-state index contributed by atoms with van der Waals surface area (Å²) in [5, 5.41) is 1.97. The van der Waals surface area contributed by atoms with Gasteiger partial charge in [-0.1, -0.05) is 6.07 Å². The predicted octanol–water partition coefficient (Wildman–Crippen LogP) is 4.32. The van der Waals surface area contributed by atoms with Crippen molar-refractivity contribution in [3.63, 3.8) is 0 Å². The second-order valence-electron chi connectivity index (χ2n) is 4.83. The van der Waals surface area contributed by atoms with Crippen LogP contribution in [0.4, 0.5) is 4.39 Å². The summed E-state index contributed by atoms with van der Waals surface area (Å²) in [5.41, 5.74) is 0.463. The van der Waals surface area contributed by atoms with E-state index in [9.17, 15) is 9.18 Å². The summed E-state index contributed by atoms with van der Waals surface area (Å²) >= 11 is 1.59. The molecule has 0 N–H and O–H groups in total. The van der Waals surface area contributed by atoms with Crippen molar-refractivity contribution in [3.8, 4) is 0 Å². The van der Waals surface area contributed by atoms with E-state index in [-0.39, 0.29) is 11.7 Å². The lowest BCUT2D eigenvalue weighted by Gasteiger charge is -2.21. The van der Waals surface area contributed by atoms with Crippen LogP contribution in [0.25, 0.3) is 0 Å². The van der Waals surface area contributed by atoms with Crippen LogP contribution in [-0.4, -0.2) is 10.8 Å². The Bertz CT molecular complexity index is 684. The fourth-order valence-corrected chi connectivity index (χ4v) is 2.88. The molecule has 0 fully saturated rings. The number of furan rings is 1. The van der Waals surface area contributed by atoms with Crippen LogP contribution in [0.5, 0.6) is 0 Å². The molecule has 0 saturated heterocycles. The number of nitrogens with zero attached hydrogens (tertiary/aromatic N) is 1. The summed E-state index contributed by atoms with van der Waals surface area (Å²) in [6.45, 7) is 0.871. The highest BCUT2D eigenvalue weighted by Gasteiger charge is 2.18. The van der Waals surface area contributed by atoms with Crippen LogP contribution >= 0.6 is 11.3 Å². The van der Waals surface area contributed by atoms with Crippen molar-refractivity contribution >= 4 is 17.2 Å². The van der Waals surface area contributed by atoms with Gasteiger partial charge >= 0.3 is 0 Å². The molecule has 0 unspecified atom stereocenters. The number of thiophene rings is 1. The summed E-state index contributed by atoms with van der Waals surface area (Å²) in [6.07, 6.45) is 1.58. The number of carbonyl (C=O) groups excluding carboxylic acids is 1. The maximum atomic E-state index is 13.0. The Kier molecular flexibility index (Phi) is 4.34. The van der Waals surface area contributed by atoms with Crippen molar-refractivity contribution in [2.45, 2.75) is 13.1 Å². The van der Waals surface area contributed by atoms with Gasteiger partial charge < -0.3 is 9.32 Å². The van der Waals surface area contributed by atoms with Crippen molar-refractivity contribution in [1.82, 2.24) is 4.90 Å². The van der Waals surface area contributed by atoms with E-state index in [4.69, 9.17) is 4.42 Å². The summed E-state index contributed by atoms with van der Waals surface area (Å²) in [7, 11) is 0. The zero-order chi connectivity index (χ0) is 15.4. The minimum absolute atomic E-state index is 0.148. The summed E-state index contributed by atoms with van der Waals surface area (Å²) < 4.78 is 18.4. The lowest BCUT2D eigenvalue weighted by molar-refractivity contribution is 0.0719. The van der Waals surface area contributed by atoms with Gasteiger partial charge in [-0.25, -0.2) is 4.39 Å². The Morgan fingerprint density at radius 2 is 1.91 bits per heavy atom. The third-order valence-electron chi connectivity index (χ3n) is 3.23. The fraction of sp³-hybridized carbons (Fsp3) is 0.118. The first-order valence-electron chi connectivity index (χ1n) is 6.82. The lowest BCUT2D eigenvalue weighted by Crippen LogP contribution is -2.29. The second-order valence-corrected chi connectivity index (χ2v) is 5.86. The van der Waals surface area contributed by atoms with E-state index in [2.05, 4.69) is 0 Å². The smallest absolute Gasteiger partial charge is 0.254 e. The summed E-state index contributed by atoms with van der Waals surface area (Å²) in [6, 6.07) is 13.2. The molecule has 0 atom stereocenters. The van der Waals surface area contributed by atoms with Crippen molar-refractivity contribution in [2.24, 2.45) is 0 Å². The normalized spacial score (nSPS) is 10.6. The van der Waals surface area contributed by atoms with Crippen LogP contribution in [0, 0.1) is 5.82 Å². The van der Waals surface area contributed by atoms with Crippen molar-refractivity contribution in [2.75, 3.05) is 0 Å². The van der Waals surface area contributed by atoms with Crippen molar-refractivity contribution in [1.29, 1.82) is 0 Å². The summed E-state index contributed by atoms with van der Waals surface area (Å²) in [5.74, 6) is 0.212. The minimum atomic E-state index is -0.354. The molecule has 3 rings (SSSR count). The van der Waals surface area contributed by atoms with Gasteiger partial charge in [-0.2, -0.15) is 0 Å². The van der Waals surface area contributed by atoms with Gasteiger partial charge in [0.15, 0.2) is 0 Å². The second kappa shape index (κ2) is 6.58. The van der Waals surface area contributed by atoms with Gasteiger partial charge in [0.1, 0.15) is 11.6 Å². The van der Waals surface area contributed by atoms with Crippen LogP contribution in [-0.2, 0) is 13.1 Å². The molecule has 0 spiro atoms. The number of hydrogen-bond acceptors (Lipinski definition) is 3. The van der Waals surface area contributed by atoms with Crippen molar-refractivity contribution < 1.29 is 13.6 Å². The molecule has 0 radical (unpaired) electrons. The molecule has 1 amide bonds. The number of hydrogen-bond donors (Lipinski definition) is 0. The first-order valence-corrected chi connectivity index (χ1v) is 7.70. The highest BCUT2D eigenvalue weighted by molar-refractivity contribution is 7.09. The summed E-state index contributed by atoms with van der Waals surface area (Å²) in [4.78, 5) is 15.5. The van der Waals surface area contributed by atoms with Crippen molar-refractivity contribution in [3.05, 3.63) is 82.2 Å². The van der Waals surface area contributed by atoms with Gasteiger partial charge in [0.2, 0.25) is 0 Å². The number of carbonyl (C=O) groups is 1. The minimum Gasteiger partial charge on any atom is -0.467 e. The molecule has 0 aliphatic rings. The molecule has 0 aliphatic heterocycles. The van der Waals surface area contributed by atoms with E-state index in [1.54, 1.807) is 28.6 Å². The van der Waals surface area contributed by atoms with Crippen LogP contribution < -0.4 is 0 Å². The molecule has 112 valence electrons. The maximum Gasteiger partial charge on any atom is 0.254 e. The largest absolute Gasteiger partial charge is 0.467 e. The first kappa shape index (κ1) is 14.5. The van der Waals surface area contributed by atoms with Gasteiger partial charge in [0, 0.05) is 10.4 Å². The Labute approximate surface area is 131 Å². The van der Waals surface area contributed by atoms with Crippen LogP contribution in [0.15, 0.2) is 64.6 Å². The molecule has 0 saturated carbocycles. The number of rotatable bonds is 5. The monoisotopic (exact) mass is 315 g/mol. The number of halogens is 1. The van der Waals surface area contributed by atoms with E-state index in [1.165, 1.54) is 24.3 Å². The quantitative estimate of drug-likeness (QED) is 0.702. The topological polar surface area (TPSA) is 33.5 Å². The zero-order valence-corrected chi connectivity index (χ0v) is 12.6. The maximum absolute atomic E-state index is 13.0. The molecule has 22 heavy (non-hydrogen) atoms. The third kappa shape index (κ3) is 3.43. The number of benzene rings is 1. The Hall–Kier alpha value is -2.40. The molecular formula is C17H14FNO2S. The predicted molar refractivity (Wildman–Crippen MR) is 83.0 cm³/mol. The SMILES string of the molecule is O=C(c1ccc(F)cc1)N(Cc1ccco1)Cc1cccs1. The van der Waals surface area contributed by atoms with Crippen LogP contribution in [0.2, 0.25) is 0 Å². The molecule has 1 aromatic carbocycles. The fourth-order valence-electron chi connectivity index (χ4n) is 2.16. The Morgan fingerprint density at radius 1 is 1.09 bits per heavy atom. The van der Waals surface area contributed by atoms with E-state index < -0.39 is 0 Å². The van der Waals surface area contributed by atoms with Gasteiger partial charge in [-0.15, -0.1) is 11.3 Å². The molecule has 2 heterocycles.